The number of nitrogens with two attached hydrogens (primary N) is 1. The molecule has 0 bridgehead atoms. The Morgan fingerprint density at radius 3 is 2.95 bits per heavy atom. The van der Waals surface area contributed by atoms with Crippen molar-refractivity contribution < 1.29 is 13.2 Å². The molecule has 0 radical (unpaired) electrons. The zero-order valence-corrected chi connectivity index (χ0v) is 13.1. The van der Waals surface area contributed by atoms with E-state index in [9.17, 15) is 13.2 Å². The van der Waals surface area contributed by atoms with E-state index in [1.165, 1.54) is 16.8 Å². The van der Waals surface area contributed by atoms with E-state index in [1.807, 2.05) is 0 Å². The highest BCUT2D eigenvalue weighted by atomic mass is 35.5. The van der Waals surface area contributed by atoms with Gasteiger partial charge in [-0.3, -0.25) is 4.79 Å². The molecule has 1 aliphatic heterocycles. The van der Waals surface area contributed by atoms with Crippen LogP contribution in [-0.4, -0.2) is 54.8 Å². The maximum atomic E-state index is 12.3. The van der Waals surface area contributed by atoms with Crippen molar-refractivity contribution in [2.75, 3.05) is 26.2 Å². The number of carbonyl (C=O) groups excluding carboxylic acids is 1. The van der Waals surface area contributed by atoms with Gasteiger partial charge in [-0.1, -0.05) is 0 Å². The smallest absolute Gasteiger partial charge is 0.260 e. The second kappa shape index (κ2) is 7.74. The van der Waals surface area contributed by atoms with Crippen LogP contribution in [0.1, 0.15) is 12.8 Å². The highest BCUT2D eigenvalue weighted by Gasteiger charge is 2.33. The number of H-pyrrole nitrogens is 1. The van der Waals surface area contributed by atoms with E-state index in [4.69, 9.17) is 5.73 Å². The van der Waals surface area contributed by atoms with Gasteiger partial charge in [0.05, 0.1) is 18.4 Å². The zero-order chi connectivity index (χ0) is 14.6. The molecule has 0 aromatic carbocycles. The first-order chi connectivity index (χ1) is 9.55. The molecule has 1 aromatic heterocycles. The Kier molecular flexibility index (Phi) is 6.59. The van der Waals surface area contributed by atoms with Crippen LogP contribution in [0.15, 0.2) is 17.6 Å². The minimum absolute atomic E-state index is 0. The molecule has 1 unspecified atom stereocenters. The number of carbonyl (C=O) groups is 1. The number of sulfonamides is 1. The first kappa shape index (κ1) is 17.9. The highest BCUT2D eigenvalue weighted by molar-refractivity contribution is 7.89. The number of aromatic nitrogens is 2. The molecule has 1 saturated heterocycles. The summed E-state index contributed by atoms with van der Waals surface area (Å²) in [5.41, 5.74) is 5.33. The summed E-state index contributed by atoms with van der Waals surface area (Å²) in [7, 11) is -3.60. The van der Waals surface area contributed by atoms with E-state index in [0.717, 1.165) is 0 Å². The Balaban J connectivity index is 0.00000220. The second-order valence-electron chi connectivity index (χ2n) is 4.70. The maximum absolute atomic E-state index is 12.3. The number of nitrogens with one attached hydrogen (secondary N) is 2. The topological polar surface area (TPSA) is 121 Å². The van der Waals surface area contributed by atoms with E-state index < -0.39 is 10.0 Å². The Bertz CT molecular complexity index is 548. The summed E-state index contributed by atoms with van der Waals surface area (Å²) in [6, 6.07) is 0. The molecule has 0 spiro atoms. The maximum Gasteiger partial charge on any atom is 0.260 e. The van der Waals surface area contributed by atoms with Crippen LogP contribution in [0, 0.1) is 5.92 Å². The molecule has 4 N–H and O–H groups in total. The molecule has 120 valence electrons. The summed E-state index contributed by atoms with van der Waals surface area (Å²) in [6.45, 7) is 1.39. The summed E-state index contributed by atoms with van der Waals surface area (Å²) in [4.78, 5) is 18.2. The van der Waals surface area contributed by atoms with Gasteiger partial charge in [0.15, 0.2) is 5.03 Å². The summed E-state index contributed by atoms with van der Waals surface area (Å²) in [5.74, 6) is -0.465. The molecule has 10 heteroatoms. The Hall–Kier alpha value is -1.16. The minimum Gasteiger partial charge on any atom is -0.355 e. The largest absolute Gasteiger partial charge is 0.355 e. The van der Waals surface area contributed by atoms with E-state index in [-0.39, 0.29) is 35.8 Å². The molecule has 21 heavy (non-hydrogen) atoms. The standard InChI is InChI=1S/C11H19N5O3S.ClH/c12-3-4-14-11(17)9-2-1-5-16(7-9)20(18,19)10-6-13-8-15-10;/h6,8-9H,1-5,7,12H2,(H,13,15)(H,14,17);1H. The molecular formula is C11H20ClN5O3S. The third-order valence-electron chi connectivity index (χ3n) is 3.29. The molecular weight excluding hydrogens is 318 g/mol. The third kappa shape index (κ3) is 4.16. The summed E-state index contributed by atoms with van der Waals surface area (Å²) >= 11 is 0. The Labute approximate surface area is 129 Å². The van der Waals surface area contributed by atoms with Crippen molar-refractivity contribution in [2.24, 2.45) is 11.7 Å². The van der Waals surface area contributed by atoms with Crippen molar-refractivity contribution in [3.63, 3.8) is 0 Å². The molecule has 0 aliphatic carbocycles. The van der Waals surface area contributed by atoms with Crippen LogP contribution in [0.5, 0.6) is 0 Å². The summed E-state index contributed by atoms with van der Waals surface area (Å²) in [6.07, 6.45) is 3.94. The van der Waals surface area contributed by atoms with Crippen molar-refractivity contribution in [1.29, 1.82) is 0 Å². The van der Waals surface area contributed by atoms with E-state index in [2.05, 4.69) is 15.3 Å². The van der Waals surface area contributed by atoms with E-state index in [0.29, 0.717) is 32.5 Å². The lowest BCUT2D eigenvalue weighted by Crippen LogP contribution is -2.46. The predicted molar refractivity (Wildman–Crippen MR) is 79.4 cm³/mol. The van der Waals surface area contributed by atoms with Crippen molar-refractivity contribution in [3.8, 4) is 0 Å². The number of piperidine rings is 1. The van der Waals surface area contributed by atoms with Crippen LogP contribution in [0.25, 0.3) is 0 Å². The number of imidazole rings is 1. The number of amides is 1. The number of hydrogen-bond acceptors (Lipinski definition) is 5. The fourth-order valence-electron chi connectivity index (χ4n) is 2.24. The lowest BCUT2D eigenvalue weighted by Gasteiger charge is -2.30. The van der Waals surface area contributed by atoms with E-state index >= 15 is 0 Å². The summed E-state index contributed by atoms with van der Waals surface area (Å²) in [5, 5.41) is 2.76. The van der Waals surface area contributed by atoms with E-state index in [1.54, 1.807) is 0 Å². The van der Waals surface area contributed by atoms with Gasteiger partial charge in [0.2, 0.25) is 5.91 Å². The normalized spacial score (nSPS) is 19.8. The van der Waals surface area contributed by atoms with Crippen molar-refractivity contribution in [1.82, 2.24) is 19.6 Å². The molecule has 0 saturated carbocycles. The SMILES string of the molecule is Cl.NCCNC(=O)C1CCCN(S(=O)(=O)c2cnc[nH]2)C1. The van der Waals surface area contributed by atoms with Gasteiger partial charge in [-0.15, -0.1) is 12.4 Å². The fourth-order valence-corrected chi connectivity index (χ4v) is 3.66. The lowest BCUT2D eigenvalue weighted by atomic mass is 9.99. The Morgan fingerprint density at radius 1 is 1.57 bits per heavy atom. The van der Waals surface area contributed by atoms with Crippen molar-refractivity contribution in [3.05, 3.63) is 12.5 Å². The predicted octanol–water partition coefficient (Wildman–Crippen LogP) is -0.693. The highest BCUT2D eigenvalue weighted by Crippen LogP contribution is 2.22. The van der Waals surface area contributed by atoms with Crippen LogP contribution in [0.4, 0.5) is 0 Å². The molecule has 2 heterocycles. The number of aromatic amines is 1. The molecule has 1 aliphatic rings. The average Bonchev–Trinajstić information content (AvgIpc) is 2.99. The zero-order valence-electron chi connectivity index (χ0n) is 11.5. The van der Waals surface area contributed by atoms with Gasteiger partial charge in [0.25, 0.3) is 10.0 Å². The number of nitrogens with zero attached hydrogens (tertiary/aromatic N) is 2. The number of halogens is 1. The van der Waals surface area contributed by atoms with Crippen LogP contribution >= 0.6 is 12.4 Å². The molecule has 1 amide bonds. The monoisotopic (exact) mass is 337 g/mol. The molecule has 2 rings (SSSR count). The minimum atomic E-state index is -3.60. The van der Waals surface area contributed by atoms with Crippen molar-refractivity contribution in [2.45, 2.75) is 17.9 Å². The Morgan fingerprint density at radius 2 is 2.33 bits per heavy atom. The van der Waals surface area contributed by atoms with Crippen molar-refractivity contribution >= 4 is 28.3 Å². The van der Waals surface area contributed by atoms with Gasteiger partial charge < -0.3 is 16.0 Å². The number of rotatable bonds is 5. The van der Waals surface area contributed by atoms with Gasteiger partial charge in [0, 0.05) is 26.2 Å². The molecule has 8 nitrogen and oxygen atoms in total. The van der Waals surface area contributed by atoms with Gasteiger partial charge in [-0.05, 0) is 12.8 Å². The molecule has 1 fully saturated rings. The second-order valence-corrected chi connectivity index (χ2v) is 6.60. The molecule has 1 aromatic rings. The third-order valence-corrected chi connectivity index (χ3v) is 5.08. The van der Waals surface area contributed by atoms with Gasteiger partial charge in [-0.2, -0.15) is 4.31 Å². The van der Waals surface area contributed by atoms with Crippen LogP contribution in [0.3, 0.4) is 0 Å². The molecule has 1 atom stereocenters. The average molecular weight is 338 g/mol. The summed E-state index contributed by atoms with van der Waals surface area (Å²) < 4.78 is 26.0. The first-order valence-electron chi connectivity index (χ1n) is 6.52. The lowest BCUT2D eigenvalue weighted by molar-refractivity contribution is -0.126. The fraction of sp³-hybridized carbons (Fsp3) is 0.636. The quantitative estimate of drug-likeness (QED) is 0.656. The first-order valence-corrected chi connectivity index (χ1v) is 7.96. The van der Waals surface area contributed by atoms with Crippen LogP contribution < -0.4 is 11.1 Å². The van der Waals surface area contributed by atoms with Crippen LogP contribution in [-0.2, 0) is 14.8 Å². The van der Waals surface area contributed by atoms with Gasteiger partial charge >= 0.3 is 0 Å². The van der Waals surface area contributed by atoms with Gasteiger partial charge in [0.1, 0.15) is 0 Å². The van der Waals surface area contributed by atoms with Crippen LogP contribution in [0.2, 0.25) is 0 Å². The number of hydrogen-bond donors (Lipinski definition) is 3. The van der Waals surface area contributed by atoms with Gasteiger partial charge in [-0.25, -0.2) is 13.4 Å².